The summed E-state index contributed by atoms with van der Waals surface area (Å²) in [6.45, 7) is 0.365. The summed E-state index contributed by atoms with van der Waals surface area (Å²) in [7, 11) is -3.21. The van der Waals surface area contributed by atoms with Gasteiger partial charge in [-0.2, -0.15) is 5.10 Å². The lowest BCUT2D eigenvalue weighted by molar-refractivity contribution is 0.601. The van der Waals surface area contributed by atoms with Gasteiger partial charge in [-0.1, -0.05) is 0 Å². The molecule has 0 amide bonds. The van der Waals surface area contributed by atoms with Crippen LogP contribution < -0.4 is 5.32 Å². The fourth-order valence-electron chi connectivity index (χ4n) is 1.78. The third-order valence-corrected chi connectivity index (χ3v) is 4.93. The van der Waals surface area contributed by atoms with E-state index in [0.29, 0.717) is 22.9 Å². The molecule has 2 N–H and O–H groups in total. The fraction of sp³-hybridized carbons (Fsp3) is 0.182. The van der Waals surface area contributed by atoms with Crippen molar-refractivity contribution < 1.29 is 8.42 Å². The zero-order chi connectivity index (χ0) is 14.2. The quantitative estimate of drug-likeness (QED) is 0.756. The molecule has 3 rings (SSSR count). The van der Waals surface area contributed by atoms with Crippen LogP contribution in [0.2, 0.25) is 0 Å². The number of aromatic nitrogens is 4. The monoisotopic (exact) mass is 309 g/mol. The molecule has 7 nitrogen and oxygen atoms in total. The second-order valence-electron chi connectivity index (χ2n) is 4.20. The van der Waals surface area contributed by atoms with Crippen LogP contribution in [0.4, 0.5) is 5.95 Å². The molecule has 0 spiro atoms. The summed E-state index contributed by atoms with van der Waals surface area (Å²) in [5.41, 5.74) is 1.46. The number of nitrogens with zero attached hydrogens (tertiary/aromatic N) is 3. The Morgan fingerprint density at radius 1 is 1.40 bits per heavy atom. The van der Waals surface area contributed by atoms with E-state index in [-0.39, 0.29) is 0 Å². The molecule has 0 unspecified atom stereocenters. The van der Waals surface area contributed by atoms with Crippen molar-refractivity contribution in [2.24, 2.45) is 0 Å². The summed E-state index contributed by atoms with van der Waals surface area (Å²) in [6.07, 6.45) is 4.44. The second kappa shape index (κ2) is 4.84. The first-order valence-corrected chi connectivity index (χ1v) is 8.47. The van der Waals surface area contributed by atoms with Gasteiger partial charge in [-0.05, 0) is 11.4 Å². The summed E-state index contributed by atoms with van der Waals surface area (Å²) >= 11 is 1.39. The Labute approximate surface area is 119 Å². The van der Waals surface area contributed by atoms with Gasteiger partial charge in [-0.25, -0.2) is 18.4 Å². The van der Waals surface area contributed by atoms with Crippen molar-refractivity contribution in [1.29, 1.82) is 0 Å². The highest BCUT2D eigenvalue weighted by molar-refractivity contribution is 7.90. The normalized spacial score (nSPS) is 11.8. The van der Waals surface area contributed by atoms with E-state index >= 15 is 0 Å². The van der Waals surface area contributed by atoms with E-state index < -0.39 is 9.84 Å². The van der Waals surface area contributed by atoms with Gasteiger partial charge in [0.2, 0.25) is 5.95 Å². The molecule has 0 radical (unpaired) electrons. The molecule has 3 heterocycles. The van der Waals surface area contributed by atoms with Gasteiger partial charge in [-0.3, -0.25) is 5.10 Å². The van der Waals surface area contributed by atoms with Gasteiger partial charge in [0.25, 0.3) is 0 Å². The van der Waals surface area contributed by atoms with E-state index in [1.807, 2.05) is 0 Å². The highest BCUT2D eigenvalue weighted by atomic mass is 32.2. The average molecular weight is 309 g/mol. The molecular formula is C11H11N5O2S2. The molecule has 0 aliphatic rings. The largest absolute Gasteiger partial charge is 0.349 e. The lowest BCUT2D eigenvalue weighted by Gasteiger charge is -2.04. The van der Waals surface area contributed by atoms with Gasteiger partial charge >= 0.3 is 0 Å². The molecule has 0 aliphatic carbocycles. The maximum atomic E-state index is 11.6. The molecule has 0 saturated heterocycles. The van der Waals surface area contributed by atoms with Crippen LogP contribution in [-0.4, -0.2) is 34.8 Å². The van der Waals surface area contributed by atoms with Crippen molar-refractivity contribution in [3.8, 4) is 0 Å². The zero-order valence-electron chi connectivity index (χ0n) is 10.5. The van der Waals surface area contributed by atoms with Crippen molar-refractivity contribution in [1.82, 2.24) is 20.2 Å². The van der Waals surface area contributed by atoms with Crippen molar-refractivity contribution in [2.75, 3.05) is 11.6 Å². The molecule has 9 heteroatoms. The number of fused-ring (bicyclic) bond motifs is 1. The number of sulfone groups is 1. The van der Waals surface area contributed by atoms with Gasteiger partial charge < -0.3 is 5.32 Å². The van der Waals surface area contributed by atoms with E-state index in [4.69, 9.17) is 0 Å². The number of nitrogens with one attached hydrogen (secondary N) is 2. The van der Waals surface area contributed by atoms with Crippen LogP contribution in [0.25, 0.3) is 11.0 Å². The van der Waals surface area contributed by atoms with Crippen molar-refractivity contribution in [3.05, 3.63) is 28.7 Å². The van der Waals surface area contributed by atoms with Gasteiger partial charge in [0.1, 0.15) is 11.0 Å². The Kier molecular flexibility index (Phi) is 3.14. The summed E-state index contributed by atoms with van der Waals surface area (Å²) in [4.78, 5) is 9.48. The van der Waals surface area contributed by atoms with Gasteiger partial charge in [-0.15, -0.1) is 11.3 Å². The minimum Gasteiger partial charge on any atom is -0.349 e. The van der Waals surface area contributed by atoms with Crippen LogP contribution in [0.1, 0.15) is 4.88 Å². The van der Waals surface area contributed by atoms with Crippen LogP contribution >= 0.6 is 11.3 Å². The summed E-state index contributed by atoms with van der Waals surface area (Å²) in [6, 6.07) is 1.61. The van der Waals surface area contributed by atoms with Crippen LogP contribution in [0.15, 0.2) is 28.7 Å². The van der Waals surface area contributed by atoms with Crippen molar-refractivity contribution >= 4 is 38.2 Å². The second-order valence-corrected chi connectivity index (χ2v) is 7.18. The smallest absolute Gasteiger partial charge is 0.223 e. The molecular weight excluding hydrogens is 298 g/mol. The van der Waals surface area contributed by atoms with E-state index in [9.17, 15) is 8.42 Å². The third-order valence-electron chi connectivity index (χ3n) is 2.70. The highest BCUT2D eigenvalue weighted by Gasteiger charge is 2.14. The number of H-pyrrole nitrogens is 1. The van der Waals surface area contributed by atoms with Gasteiger partial charge in [0, 0.05) is 11.1 Å². The van der Waals surface area contributed by atoms with Gasteiger partial charge in [0.05, 0.1) is 23.8 Å². The molecule has 3 aromatic rings. The molecule has 104 valence electrons. The van der Waals surface area contributed by atoms with Crippen LogP contribution in [0, 0.1) is 0 Å². The molecule has 3 aromatic heterocycles. The predicted octanol–water partition coefficient (Wildman–Crippen LogP) is 1.43. The van der Waals surface area contributed by atoms with Gasteiger partial charge in [0.15, 0.2) is 9.84 Å². The topological polar surface area (TPSA) is 101 Å². The first kappa shape index (κ1) is 13.0. The fourth-order valence-corrected chi connectivity index (χ4v) is 3.97. The van der Waals surface area contributed by atoms with E-state index in [0.717, 1.165) is 10.4 Å². The van der Waals surface area contributed by atoms with Crippen molar-refractivity contribution in [2.45, 2.75) is 11.4 Å². The van der Waals surface area contributed by atoms with Crippen LogP contribution in [0.3, 0.4) is 0 Å². The SMILES string of the molecule is CS(=O)(=O)c1ccsc1CNc1ncc2[nH]ncc2n1. The molecule has 0 aromatic carbocycles. The Bertz CT molecular complexity index is 852. The van der Waals surface area contributed by atoms with Crippen molar-refractivity contribution in [3.63, 3.8) is 0 Å². The summed E-state index contributed by atoms with van der Waals surface area (Å²) in [5.74, 6) is 0.437. The highest BCUT2D eigenvalue weighted by Crippen LogP contribution is 2.22. The maximum Gasteiger partial charge on any atom is 0.223 e. The van der Waals surface area contributed by atoms with E-state index in [1.165, 1.54) is 17.6 Å². The predicted molar refractivity (Wildman–Crippen MR) is 76.4 cm³/mol. The first-order valence-electron chi connectivity index (χ1n) is 5.70. The first-order chi connectivity index (χ1) is 9.54. The third kappa shape index (κ3) is 2.49. The lowest BCUT2D eigenvalue weighted by Crippen LogP contribution is -2.06. The zero-order valence-corrected chi connectivity index (χ0v) is 12.1. The Morgan fingerprint density at radius 3 is 3.05 bits per heavy atom. The average Bonchev–Trinajstić information content (AvgIpc) is 3.03. The Hall–Kier alpha value is -2.00. The minimum atomic E-state index is -3.21. The number of aromatic amines is 1. The van der Waals surface area contributed by atoms with E-state index in [1.54, 1.807) is 23.8 Å². The van der Waals surface area contributed by atoms with E-state index in [2.05, 4.69) is 25.5 Å². The van der Waals surface area contributed by atoms with Crippen LogP contribution in [0.5, 0.6) is 0 Å². The molecule has 0 aliphatic heterocycles. The summed E-state index contributed by atoms with van der Waals surface area (Å²) in [5, 5.41) is 11.4. The molecule has 0 fully saturated rings. The summed E-state index contributed by atoms with van der Waals surface area (Å²) < 4.78 is 23.2. The Balaban J connectivity index is 1.81. The molecule has 0 saturated carbocycles. The number of rotatable bonds is 4. The van der Waals surface area contributed by atoms with Crippen LogP contribution in [-0.2, 0) is 16.4 Å². The Morgan fingerprint density at radius 2 is 2.25 bits per heavy atom. The standard InChI is InChI=1S/C11H11N5O2S2/c1-20(17,18)10-2-3-19-9(10)6-13-11-12-4-8-7(15-11)5-14-16-8/h2-5H,6H2,1H3,(H,14,16)(H,12,13,15). The maximum absolute atomic E-state index is 11.6. The number of hydrogen-bond acceptors (Lipinski definition) is 7. The number of thiophene rings is 1. The number of anilines is 1. The molecule has 0 atom stereocenters. The number of hydrogen-bond donors (Lipinski definition) is 2. The molecule has 0 bridgehead atoms. The molecule has 20 heavy (non-hydrogen) atoms. The lowest BCUT2D eigenvalue weighted by atomic mass is 10.4. The minimum absolute atomic E-state index is 0.347.